The second-order valence-corrected chi connectivity index (χ2v) is 9.28. The number of rotatable bonds is 6. The second-order valence-electron chi connectivity index (χ2n) is 8.84. The van der Waals surface area contributed by atoms with Crippen molar-refractivity contribution in [2.45, 2.75) is 31.4 Å². The number of halogens is 1. The highest BCUT2D eigenvalue weighted by Gasteiger charge is 2.31. The molecule has 0 radical (unpaired) electrons. The highest BCUT2D eigenvalue weighted by molar-refractivity contribution is 6.30. The number of aliphatic hydroxyl groups is 1. The van der Waals surface area contributed by atoms with Gasteiger partial charge in [-0.25, -0.2) is 0 Å². The number of pyridine rings is 1. The zero-order valence-electron chi connectivity index (χ0n) is 19.1. The van der Waals surface area contributed by atoms with Crippen molar-refractivity contribution in [2.24, 2.45) is 0 Å². The number of hydrogen-bond acceptors (Lipinski definition) is 4. The molecule has 0 spiro atoms. The average molecular weight is 464 g/mol. The number of aliphatic hydroxyl groups excluding tert-OH is 1. The lowest BCUT2D eigenvalue weighted by atomic mass is 9.87. The molecule has 0 aliphatic carbocycles. The van der Waals surface area contributed by atoms with Crippen LogP contribution in [-0.2, 0) is 11.4 Å². The summed E-state index contributed by atoms with van der Waals surface area (Å²) < 4.78 is 0. The molecule has 1 aromatic heterocycles. The molecule has 4 rings (SSSR count). The van der Waals surface area contributed by atoms with E-state index in [0.717, 1.165) is 42.6 Å². The van der Waals surface area contributed by atoms with Crippen molar-refractivity contribution in [1.82, 2.24) is 14.8 Å². The van der Waals surface area contributed by atoms with Crippen LogP contribution in [-0.4, -0.2) is 53.0 Å². The maximum atomic E-state index is 13.4. The Kier molecular flexibility index (Phi) is 7.43. The van der Waals surface area contributed by atoms with Crippen molar-refractivity contribution in [2.75, 3.05) is 27.2 Å². The van der Waals surface area contributed by atoms with Gasteiger partial charge >= 0.3 is 0 Å². The third-order valence-electron chi connectivity index (χ3n) is 6.42. The van der Waals surface area contributed by atoms with Gasteiger partial charge in [-0.3, -0.25) is 14.7 Å². The van der Waals surface area contributed by atoms with Crippen LogP contribution in [0.2, 0.25) is 5.02 Å². The fraction of sp³-hybridized carbons (Fsp3) is 0.333. The lowest BCUT2D eigenvalue weighted by Gasteiger charge is -2.36. The van der Waals surface area contributed by atoms with E-state index in [1.165, 1.54) is 5.56 Å². The molecule has 1 fully saturated rings. The van der Waals surface area contributed by atoms with E-state index in [9.17, 15) is 9.90 Å². The number of carbonyl (C=O) groups excluding carboxylic acids is 1. The zero-order chi connectivity index (χ0) is 23.4. The Labute approximate surface area is 200 Å². The number of carbonyl (C=O) groups is 1. The number of nitrogens with zero attached hydrogens (tertiary/aromatic N) is 3. The minimum Gasteiger partial charge on any atom is -0.390 e. The number of hydrogen-bond donors (Lipinski definition) is 1. The first-order valence-corrected chi connectivity index (χ1v) is 11.7. The molecule has 0 saturated carbocycles. The molecule has 1 aliphatic heterocycles. The quantitative estimate of drug-likeness (QED) is 0.564. The first-order valence-electron chi connectivity index (χ1n) is 11.3. The molecule has 33 heavy (non-hydrogen) atoms. The van der Waals surface area contributed by atoms with Crippen LogP contribution < -0.4 is 0 Å². The minimum absolute atomic E-state index is 0.0513. The van der Waals surface area contributed by atoms with E-state index in [1.54, 1.807) is 0 Å². The van der Waals surface area contributed by atoms with Crippen molar-refractivity contribution in [3.05, 3.63) is 88.7 Å². The van der Waals surface area contributed by atoms with Crippen molar-refractivity contribution in [3.63, 3.8) is 0 Å². The Bertz CT molecular complexity index is 1080. The van der Waals surface area contributed by atoms with Gasteiger partial charge in [0.15, 0.2) is 0 Å². The van der Waals surface area contributed by atoms with Gasteiger partial charge in [-0.1, -0.05) is 54.1 Å². The molecule has 1 atom stereocenters. The Morgan fingerprint density at radius 2 is 1.82 bits per heavy atom. The van der Waals surface area contributed by atoms with Crippen LogP contribution >= 0.6 is 11.6 Å². The minimum atomic E-state index is -0.309. The van der Waals surface area contributed by atoms with E-state index in [0.29, 0.717) is 16.6 Å². The number of aromatic nitrogens is 1. The van der Waals surface area contributed by atoms with Crippen LogP contribution in [0.15, 0.2) is 66.9 Å². The SMILES string of the molecule is CN(C)[C@@H](C(=O)N1CCC(c2cccc(-c3ccc(CO)nc3)c2)CC1)c1ccc(Cl)cc1. The van der Waals surface area contributed by atoms with Crippen LogP contribution in [0.5, 0.6) is 0 Å². The molecular weight excluding hydrogens is 434 g/mol. The van der Waals surface area contributed by atoms with E-state index in [-0.39, 0.29) is 18.6 Å². The molecular formula is C27H30ClN3O2. The molecule has 1 saturated heterocycles. The molecule has 3 aromatic rings. The molecule has 6 heteroatoms. The molecule has 172 valence electrons. The zero-order valence-corrected chi connectivity index (χ0v) is 19.9. The maximum Gasteiger partial charge on any atom is 0.244 e. The lowest BCUT2D eigenvalue weighted by Crippen LogP contribution is -2.44. The highest BCUT2D eigenvalue weighted by atomic mass is 35.5. The molecule has 1 aliphatic rings. The van der Waals surface area contributed by atoms with E-state index in [1.807, 2.05) is 66.5 Å². The highest BCUT2D eigenvalue weighted by Crippen LogP contribution is 2.32. The summed E-state index contributed by atoms with van der Waals surface area (Å²) in [5.74, 6) is 0.566. The predicted molar refractivity (Wildman–Crippen MR) is 132 cm³/mol. The third kappa shape index (κ3) is 5.44. The van der Waals surface area contributed by atoms with Crippen molar-refractivity contribution >= 4 is 17.5 Å². The van der Waals surface area contributed by atoms with Crippen molar-refractivity contribution < 1.29 is 9.90 Å². The normalized spacial score (nSPS) is 15.6. The van der Waals surface area contributed by atoms with E-state index >= 15 is 0 Å². The van der Waals surface area contributed by atoms with E-state index in [2.05, 4.69) is 29.2 Å². The number of likely N-dealkylation sites (tertiary alicyclic amines) is 1. The molecule has 5 nitrogen and oxygen atoms in total. The molecule has 1 N–H and O–H groups in total. The largest absolute Gasteiger partial charge is 0.390 e. The molecule has 2 aromatic carbocycles. The maximum absolute atomic E-state index is 13.4. The van der Waals surface area contributed by atoms with Crippen LogP contribution in [0.1, 0.15) is 41.6 Å². The number of piperidine rings is 1. The van der Waals surface area contributed by atoms with Gasteiger partial charge in [-0.2, -0.15) is 0 Å². The summed E-state index contributed by atoms with van der Waals surface area (Å²) >= 11 is 6.04. The molecule has 1 amide bonds. The van der Waals surface area contributed by atoms with E-state index in [4.69, 9.17) is 11.6 Å². The fourth-order valence-electron chi connectivity index (χ4n) is 4.57. The van der Waals surface area contributed by atoms with Crippen LogP contribution in [0.25, 0.3) is 11.1 Å². The summed E-state index contributed by atoms with van der Waals surface area (Å²) in [5, 5.41) is 9.89. The first kappa shape index (κ1) is 23.4. The van der Waals surface area contributed by atoms with Crippen molar-refractivity contribution in [1.29, 1.82) is 0 Å². The summed E-state index contributed by atoms with van der Waals surface area (Å²) in [6, 6.07) is 19.7. The lowest BCUT2D eigenvalue weighted by molar-refractivity contribution is -0.137. The van der Waals surface area contributed by atoms with Gasteiger partial charge in [0.2, 0.25) is 5.91 Å². The number of benzene rings is 2. The van der Waals surface area contributed by atoms with E-state index < -0.39 is 0 Å². The summed E-state index contributed by atoms with van der Waals surface area (Å²) in [4.78, 5) is 21.7. The Morgan fingerprint density at radius 1 is 1.09 bits per heavy atom. The third-order valence-corrected chi connectivity index (χ3v) is 6.67. The first-order chi connectivity index (χ1) is 16.0. The Hall–Kier alpha value is -2.73. The summed E-state index contributed by atoms with van der Waals surface area (Å²) in [6.07, 6.45) is 3.69. The van der Waals surface area contributed by atoms with Gasteiger partial charge in [0.25, 0.3) is 0 Å². The smallest absolute Gasteiger partial charge is 0.244 e. The summed E-state index contributed by atoms with van der Waals surface area (Å²) in [7, 11) is 3.88. The Balaban J connectivity index is 1.44. The standard InChI is InChI=1S/C27H30ClN3O2/c1-30(2)26(20-6-9-24(28)10-7-20)27(33)31-14-12-19(13-15-31)21-4-3-5-22(16-21)23-8-11-25(18-32)29-17-23/h3-11,16-17,19,26,32H,12-15,18H2,1-2H3/t26-/m1/s1. The monoisotopic (exact) mass is 463 g/mol. The van der Waals surface area contributed by atoms with Gasteiger partial charge in [0.05, 0.1) is 12.3 Å². The van der Waals surface area contributed by atoms with Crippen LogP contribution in [0.3, 0.4) is 0 Å². The van der Waals surface area contributed by atoms with Gasteiger partial charge in [-0.05, 0) is 67.7 Å². The van der Waals surface area contributed by atoms with Gasteiger partial charge < -0.3 is 10.0 Å². The van der Waals surface area contributed by atoms with Gasteiger partial charge in [0.1, 0.15) is 6.04 Å². The van der Waals surface area contributed by atoms with Crippen LogP contribution in [0.4, 0.5) is 0 Å². The average Bonchev–Trinajstić information content (AvgIpc) is 2.85. The molecule has 0 bridgehead atoms. The van der Waals surface area contributed by atoms with Gasteiger partial charge in [-0.15, -0.1) is 0 Å². The number of amides is 1. The van der Waals surface area contributed by atoms with Gasteiger partial charge in [0, 0.05) is 29.9 Å². The molecule has 0 unspecified atom stereocenters. The predicted octanol–water partition coefficient (Wildman–Crippen LogP) is 4.90. The van der Waals surface area contributed by atoms with Crippen molar-refractivity contribution in [3.8, 4) is 11.1 Å². The topological polar surface area (TPSA) is 56.7 Å². The van der Waals surface area contributed by atoms with Crippen LogP contribution in [0, 0.1) is 0 Å². The molecule has 2 heterocycles. The fourth-order valence-corrected chi connectivity index (χ4v) is 4.70. The summed E-state index contributed by atoms with van der Waals surface area (Å²) in [5.41, 5.74) is 5.09. The Morgan fingerprint density at radius 3 is 2.42 bits per heavy atom. The summed E-state index contributed by atoms with van der Waals surface area (Å²) in [6.45, 7) is 1.45. The number of likely N-dealkylation sites (N-methyl/N-ethyl adjacent to an activating group) is 1. The second kappa shape index (κ2) is 10.5.